The molecular formula is C16H18N2O3. The Morgan fingerprint density at radius 1 is 1.19 bits per heavy atom. The molecule has 1 aliphatic rings. The molecule has 5 heteroatoms. The molecule has 110 valence electrons. The fourth-order valence-electron chi connectivity index (χ4n) is 2.00. The van der Waals surface area contributed by atoms with Crippen molar-refractivity contribution < 1.29 is 14.2 Å². The van der Waals surface area contributed by atoms with E-state index in [4.69, 9.17) is 14.2 Å². The van der Waals surface area contributed by atoms with Crippen molar-refractivity contribution in [3.8, 4) is 23.1 Å². The first-order chi connectivity index (χ1) is 10.2. The van der Waals surface area contributed by atoms with Gasteiger partial charge in [-0.25, -0.2) is 4.98 Å². The number of nitrogens with zero attached hydrogens (tertiary/aromatic N) is 1. The van der Waals surface area contributed by atoms with E-state index in [1.54, 1.807) is 6.20 Å². The average Bonchev–Trinajstić information content (AvgIpc) is 2.93. The van der Waals surface area contributed by atoms with Gasteiger partial charge in [-0.3, -0.25) is 0 Å². The van der Waals surface area contributed by atoms with Gasteiger partial charge in [0.25, 0.3) is 0 Å². The average molecular weight is 286 g/mol. The van der Waals surface area contributed by atoms with Crippen molar-refractivity contribution >= 4 is 0 Å². The van der Waals surface area contributed by atoms with Crippen LogP contribution in [0, 0.1) is 0 Å². The highest BCUT2D eigenvalue weighted by Gasteiger charge is 2.14. The molecule has 2 heterocycles. The van der Waals surface area contributed by atoms with Crippen LogP contribution in [0.25, 0.3) is 0 Å². The Balaban J connectivity index is 1.71. The zero-order valence-electron chi connectivity index (χ0n) is 12.1. The normalized spacial score (nSPS) is 12.7. The molecule has 0 saturated carbocycles. The Morgan fingerprint density at radius 2 is 2.05 bits per heavy atom. The summed E-state index contributed by atoms with van der Waals surface area (Å²) in [6.45, 7) is 5.28. The van der Waals surface area contributed by atoms with Crippen molar-refractivity contribution in [2.45, 2.75) is 26.4 Å². The Hall–Kier alpha value is -2.27. The van der Waals surface area contributed by atoms with E-state index in [0.717, 1.165) is 17.9 Å². The van der Waals surface area contributed by atoms with Crippen LogP contribution in [0.15, 0.2) is 36.5 Å². The number of rotatable bonds is 5. The maximum Gasteiger partial charge on any atom is 0.231 e. The van der Waals surface area contributed by atoms with Gasteiger partial charge < -0.3 is 19.5 Å². The van der Waals surface area contributed by atoms with Crippen LogP contribution in [0.5, 0.6) is 23.1 Å². The molecule has 1 aromatic carbocycles. The smallest absolute Gasteiger partial charge is 0.231 e. The second-order valence-electron chi connectivity index (χ2n) is 5.16. The summed E-state index contributed by atoms with van der Waals surface area (Å²) in [5.74, 6) is 2.69. The molecule has 0 atom stereocenters. The molecule has 2 aromatic rings. The first-order valence-electron chi connectivity index (χ1n) is 6.96. The van der Waals surface area contributed by atoms with Crippen molar-refractivity contribution in [2.75, 3.05) is 6.79 Å². The highest BCUT2D eigenvalue weighted by molar-refractivity contribution is 5.47. The summed E-state index contributed by atoms with van der Waals surface area (Å²) in [4.78, 5) is 4.23. The van der Waals surface area contributed by atoms with Gasteiger partial charge in [0.05, 0.1) is 0 Å². The van der Waals surface area contributed by atoms with E-state index in [1.165, 1.54) is 0 Å². The van der Waals surface area contributed by atoms with Gasteiger partial charge in [0.2, 0.25) is 12.7 Å². The summed E-state index contributed by atoms with van der Waals surface area (Å²) in [5, 5.41) is 3.37. The fraction of sp³-hybridized carbons (Fsp3) is 0.312. The first-order valence-corrected chi connectivity index (χ1v) is 6.96. The Labute approximate surface area is 123 Å². The molecule has 0 saturated heterocycles. The minimum Gasteiger partial charge on any atom is -0.454 e. The third-order valence-electron chi connectivity index (χ3n) is 3.08. The molecular weight excluding hydrogens is 268 g/mol. The van der Waals surface area contributed by atoms with Crippen LogP contribution < -0.4 is 19.5 Å². The quantitative estimate of drug-likeness (QED) is 0.915. The molecule has 1 N–H and O–H groups in total. The third kappa shape index (κ3) is 3.44. The standard InChI is InChI=1S/C16H18N2O3/c1-11(2)18-9-12-5-6-17-16(7-12)21-13-3-4-14-15(8-13)20-10-19-14/h3-8,11,18H,9-10H2,1-2H3. The number of ether oxygens (including phenoxy) is 3. The van der Waals surface area contributed by atoms with Crippen LogP contribution in [0.2, 0.25) is 0 Å². The van der Waals surface area contributed by atoms with Gasteiger partial charge in [-0.15, -0.1) is 0 Å². The monoisotopic (exact) mass is 286 g/mol. The number of fused-ring (bicyclic) bond motifs is 1. The van der Waals surface area contributed by atoms with E-state index in [9.17, 15) is 0 Å². The molecule has 0 amide bonds. The van der Waals surface area contributed by atoms with Gasteiger partial charge >= 0.3 is 0 Å². The van der Waals surface area contributed by atoms with Crippen LogP contribution in [0.3, 0.4) is 0 Å². The summed E-state index contributed by atoms with van der Waals surface area (Å²) in [5.41, 5.74) is 1.13. The van der Waals surface area contributed by atoms with Crippen LogP contribution in [-0.2, 0) is 6.54 Å². The molecule has 1 aromatic heterocycles. The summed E-state index contributed by atoms with van der Waals surface area (Å²) in [6, 6.07) is 9.83. The molecule has 0 aliphatic carbocycles. The van der Waals surface area contributed by atoms with Gasteiger partial charge in [-0.1, -0.05) is 13.8 Å². The maximum atomic E-state index is 5.78. The Bertz CT molecular complexity index is 629. The van der Waals surface area contributed by atoms with E-state index in [0.29, 0.717) is 23.4 Å². The van der Waals surface area contributed by atoms with Gasteiger partial charge in [0.15, 0.2) is 11.5 Å². The van der Waals surface area contributed by atoms with Crippen LogP contribution >= 0.6 is 0 Å². The van der Waals surface area contributed by atoms with Crippen LogP contribution in [0.4, 0.5) is 0 Å². The Kier molecular flexibility index (Phi) is 3.92. The molecule has 0 bridgehead atoms. The number of hydrogen-bond acceptors (Lipinski definition) is 5. The van der Waals surface area contributed by atoms with Crippen molar-refractivity contribution in [3.05, 3.63) is 42.1 Å². The van der Waals surface area contributed by atoms with E-state index < -0.39 is 0 Å². The van der Waals surface area contributed by atoms with Gasteiger partial charge in [-0.05, 0) is 23.8 Å². The summed E-state index contributed by atoms with van der Waals surface area (Å²) in [7, 11) is 0. The largest absolute Gasteiger partial charge is 0.454 e. The minimum atomic E-state index is 0.257. The second kappa shape index (κ2) is 6.01. The van der Waals surface area contributed by atoms with E-state index in [-0.39, 0.29) is 6.79 Å². The highest BCUT2D eigenvalue weighted by atomic mass is 16.7. The van der Waals surface area contributed by atoms with Gasteiger partial charge in [0, 0.05) is 30.9 Å². The van der Waals surface area contributed by atoms with Crippen molar-refractivity contribution in [1.29, 1.82) is 0 Å². The molecule has 5 nitrogen and oxygen atoms in total. The van der Waals surface area contributed by atoms with Crippen molar-refractivity contribution in [3.63, 3.8) is 0 Å². The van der Waals surface area contributed by atoms with Crippen molar-refractivity contribution in [2.24, 2.45) is 0 Å². The number of benzene rings is 1. The lowest BCUT2D eigenvalue weighted by atomic mass is 10.2. The molecule has 21 heavy (non-hydrogen) atoms. The molecule has 0 spiro atoms. The van der Waals surface area contributed by atoms with E-state index in [1.807, 2.05) is 30.3 Å². The summed E-state index contributed by atoms with van der Waals surface area (Å²) in [6.07, 6.45) is 1.75. The minimum absolute atomic E-state index is 0.257. The van der Waals surface area contributed by atoms with Crippen molar-refractivity contribution in [1.82, 2.24) is 10.3 Å². The Morgan fingerprint density at radius 3 is 2.90 bits per heavy atom. The summed E-state index contributed by atoms with van der Waals surface area (Å²) >= 11 is 0. The maximum absolute atomic E-state index is 5.78. The number of nitrogens with one attached hydrogen (secondary N) is 1. The zero-order valence-corrected chi connectivity index (χ0v) is 12.1. The van der Waals surface area contributed by atoms with Gasteiger partial charge in [-0.2, -0.15) is 0 Å². The van der Waals surface area contributed by atoms with Gasteiger partial charge in [0.1, 0.15) is 5.75 Å². The third-order valence-corrected chi connectivity index (χ3v) is 3.08. The molecule has 1 aliphatic heterocycles. The topological polar surface area (TPSA) is 52.6 Å². The van der Waals surface area contributed by atoms with Crippen LogP contribution in [0.1, 0.15) is 19.4 Å². The zero-order chi connectivity index (χ0) is 14.7. The fourth-order valence-corrected chi connectivity index (χ4v) is 2.00. The predicted octanol–water partition coefficient (Wildman–Crippen LogP) is 3.10. The number of aromatic nitrogens is 1. The lowest BCUT2D eigenvalue weighted by molar-refractivity contribution is 0.174. The molecule has 3 rings (SSSR count). The lowest BCUT2D eigenvalue weighted by Gasteiger charge is -2.10. The SMILES string of the molecule is CC(C)NCc1ccnc(Oc2ccc3c(c2)OCO3)c1. The molecule has 0 unspecified atom stereocenters. The second-order valence-corrected chi connectivity index (χ2v) is 5.16. The number of hydrogen-bond donors (Lipinski definition) is 1. The highest BCUT2D eigenvalue weighted by Crippen LogP contribution is 2.36. The summed E-state index contributed by atoms with van der Waals surface area (Å²) < 4.78 is 16.4. The first kappa shape index (κ1) is 13.7. The predicted molar refractivity (Wildman–Crippen MR) is 78.9 cm³/mol. The van der Waals surface area contributed by atoms with Crippen LogP contribution in [-0.4, -0.2) is 17.8 Å². The number of pyridine rings is 1. The molecule has 0 radical (unpaired) electrons. The molecule has 0 fully saturated rings. The van der Waals surface area contributed by atoms with E-state index >= 15 is 0 Å². The van der Waals surface area contributed by atoms with E-state index in [2.05, 4.69) is 24.1 Å². The lowest BCUT2D eigenvalue weighted by Crippen LogP contribution is -2.21.